The number of pyridine rings is 2. The molecule has 1 saturated heterocycles. The number of urea groups is 1. The minimum Gasteiger partial charge on any atom is -0.481 e. The summed E-state index contributed by atoms with van der Waals surface area (Å²) in [6, 6.07) is 5.67. The van der Waals surface area contributed by atoms with Gasteiger partial charge in [0.15, 0.2) is 0 Å². The molecule has 176 valence electrons. The zero-order valence-corrected chi connectivity index (χ0v) is 18.6. The molecule has 0 bridgehead atoms. The van der Waals surface area contributed by atoms with Gasteiger partial charge in [-0.05, 0) is 55.9 Å². The zero-order valence-electron chi connectivity index (χ0n) is 18.6. The second kappa shape index (κ2) is 9.41. The molecule has 2 amide bonds. The van der Waals surface area contributed by atoms with E-state index < -0.39 is 36.9 Å². The molecule has 2 aliphatic rings. The van der Waals surface area contributed by atoms with E-state index in [9.17, 15) is 23.5 Å². The Bertz CT molecular complexity index is 1030. The monoisotopic (exact) mass is 458 g/mol. The summed E-state index contributed by atoms with van der Waals surface area (Å²) in [5, 5.41) is 9.35. The summed E-state index contributed by atoms with van der Waals surface area (Å²) in [4.78, 5) is 35.5. The predicted molar refractivity (Wildman–Crippen MR) is 117 cm³/mol. The molecule has 3 heterocycles. The molecule has 2 aromatic heterocycles. The van der Waals surface area contributed by atoms with Crippen LogP contribution in [-0.2, 0) is 24.1 Å². The Kier molecular flexibility index (Phi) is 6.58. The van der Waals surface area contributed by atoms with Gasteiger partial charge in [-0.3, -0.25) is 14.8 Å². The van der Waals surface area contributed by atoms with E-state index >= 15 is 0 Å². The number of carbonyl (C=O) groups is 2. The van der Waals surface area contributed by atoms with Gasteiger partial charge in [-0.25, -0.2) is 13.6 Å². The van der Waals surface area contributed by atoms with Gasteiger partial charge >= 0.3 is 12.0 Å². The Morgan fingerprint density at radius 1 is 1.18 bits per heavy atom. The van der Waals surface area contributed by atoms with Crippen molar-refractivity contribution in [1.82, 2.24) is 19.8 Å². The third kappa shape index (κ3) is 5.46. The van der Waals surface area contributed by atoms with Crippen molar-refractivity contribution in [2.45, 2.75) is 57.4 Å². The van der Waals surface area contributed by atoms with Crippen LogP contribution >= 0.6 is 0 Å². The molecule has 0 aromatic carbocycles. The average Bonchev–Trinajstić information content (AvgIpc) is 3.11. The number of aromatic nitrogens is 2. The van der Waals surface area contributed by atoms with Crippen molar-refractivity contribution < 1.29 is 23.5 Å². The second-order valence-electron chi connectivity index (χ2n) is 8.89. The molecule has 1 atom stereocenters. The lowest BCUT2D eigenvalue weighted by Crippen LogP contribution is -2.42. The summed E-state index contributed by atoms with van der Waals surface area (Å²) in [5.74, 6) is -4.22. The highest BCUT2D eigenvalue weighted by atomic mass is 19.3. The number of fused-ring (bicyclic) bond motifs is 1. The topological polar surface area (TPSA) is 86.6 Å². The first-order valence-corrected chi connectivity index (χ1v) is 11.3. The Balaban J connectivity index is 1.45. The number of carboxylic acid groups (broad SMARTS) is 1. The van der Waals surface area contributed by atoms with E-state index in [2.05, 4.69) is 9.97 Å². The van der Waals surface area contributed by atoms with Crippen molar-refractivity contribution in [1.29, 1.82) is 0 Å². The molecule has 0 radical (unpaired) electrons. The van der Waals surface area contributed by atoms with Gasteiger partial charge in [0.05, 0.1) is 25.4 Å². The normalized spacial score (nSPS) is 17.2. The first-order chi connectivity index (χ1) is 15.7. The van der Waals surface area contributed by atoms with E-state index in [1.165, 1.54) is 11.1 Å². The Labute approximate surface area is 191 Å². The lowest BCUT2D eigenvalue weighted by atomic mass is 9.95. The van der Waals surface area contributed by atoms with Crippen LogP contribution in [0.4, 0.5) is 13.6 Å². The number of aliphatic carboxylic acids is 1. The van der Waals surface area contributed by atoms with Gasteiger partial charge in [-0.15, -0.1) is 0 Å². The number of aryl methyl sites for hydroxylation is 3. The van der Waals surface area contributed by atoms with E-state index in [1.54, 1.807) is 25.1 Å². The van der Waals surface area contributed by atoms with Crippen LogP contribution in [0.1, 0.15) is 53.5 Å². The molecule has 33 heavy (non-hydrogen) atoms. The van der Waals surface area contributed by atoms with Crippen LogP contribution in [-0.4, -0.2) is 62.4 Å². The van der Waals surface area contributed by atoms with Crippen LogP contribution in [0.25, 0.3) is 0 Å². The molecule has 1 aliphatic carbocycles. The first-order valence-electron chi connectivity index (χ1n) is 11.3. The first kappa shape index (κ1) is 23.1. The highest BCUT2D eigenvalue weighted by Crippen LogP contribution is 2.30. The van der Waals surface area contributed by atoms with Crippen LogP contribution in [0, 0.1) is 6.92 Å². The average molecular weight is 459 g/mol. The number of hydrogen-bond donors (Lipinski definition) is 1. The standard InChI is InChI=1S/C24H28F2N4O3/c1-16-6-7-18(14-27-16)21(12-22(31)32)30-11-10-29(23(30)33)15-24(25,26)13-19-9-8-17-4-2-3-5-20(17)28-19/h6-9,14,21H,2-5,10-13,15H2,1H3,(H,31,32)/t21-/m0/s1. The van der Waals surface area contributed by atoms with Crippen LogP contribution < -0.4 is 0 Å². The number of hydrogen-bond acceptors (Lipinski definition) is 4. The summed E-state index contributed by atoms with van der Waals surface area (Å²) < 4.78 is 29.8. The molecule has 0 saturated carbocycles. The number of halogens is 2. The fraction of sp³-hybridized carbons (Fsp3) is 0.500. The molecule has 1 fully saturated rings. The van der Waals surface area contributed by atoms with Gasteiger partial charge in [0.25, 0.3) is 5.92 Å². The molecular weight excluding hydrogens is 430 g/mol. The number of amides is 2. The van der Waals surface area contributed by atoms with E-state index in [0.29, 0.717) is 11.3 Å². The molecule has 7 nitrogen and oxygen atoms in total. The minimum absolute atomic E-state index is 0.113. The van der Waals surface area contributed by atoms with Gasteiger partial charge < -0.3 is 14.9 Å². The highest BCUT2D eigenvalue weighted by molar-refractivity contribution is 5.78. The van der Waals surface area contributed by atoms with Crippen LogP contribution in [0.15, 0.2) is 30.5 Å². The molecular formula is C24H28F2N4O3. The molecule has 4 rings (SSSR count). The van der Waals surface area contributed by atoms with Crippen molar-refractivity contribution in [3.63, 3.8) is 0 Å². The minimum atomic E-state index is -3.14. The Morgan fingerprint density at radius 3 is 2.70 bits per heavy atom. The van der Waals surface area contributed by atoms with Crippen LogP contribution in [0.2, 0.25) is 0 Å². The van der Waals surface area contributed by atoms with Gasteiger partial charge in [0.1, 0.15) is 0 Å². The predicted octanol–water partition coefficient (Wildman–Crippen LogP) is 3.80. The quantitative estimate of drug-likeness (QED) is 0.650. The van der Waals surface area contributed by atoms with Crippen LogP contribution in [0.5, 0.6) is 0 Å². The van der Waals surface area contributed by atoms with Crippen molar-refractivity contribution in [3.05, 3.63) is 58.7 Å². The summed E-state index contributed by atoms with van der Waals surface area (Å²) >= 11 is 0. The molecule has 9 heteroatoms. The van der Waals surface area contributed by atoms with Crippen molar-refractivity contribution in [3.8, 4) is 0 Å². The summed E-state index contributed by atoms with van der Waals surface area (Å²) in [6.07, 6.45) is 4.54. The molecule has 1 N–H and O–H groups in total. The van der Waals surface area contributed by atoms with Gasteiger partial charge in [-0.1, -0.05) is 12.1 Å². The summed E-state index contributed by atoms with van der Waals surface area (Å²) in [7, 11) is 0. The maximum Gasteiger partial charge on any atom is 0.320 e. The van der Waals surface area contributed by atoms with E-state index in [-0.39, 0.29) is 19.5 Å². The maximum atomic E-state index is 14.9. The number of carboxylic acids is 1. The summed E-state index contributed by atoms with van der Waals surface area (Å²) in [6.45, 7) is 1.37. The van der Waals surface area contributed by atoms with Crippen molar-refractivity contribution in [2.75, 3.05) is 19.6 Å². The third-order valence-corrected chi connectivity index (χ3v) is 6.29. The third-order valence-electron chi connectivity index (χ3n) is 6.29. The second-order valence-corrected chi connectivity index (χ2v) is 8.89. The fourth-order valence-corrected chi connectivity index (χ4v) is 4.61. The van der Waals surface area contributed by atoms with Gasteiger partial charge in [0, 0.05) is 36.4 Å². The maximum absolute atomic E-state index is 14.9. The van der Waals surface area contributed by atoms with Gasteiger partial charge in [-0.2, -0.15) is 0 Å². The van der Waals surface area contributed by atoms with Crippen molar-refractivity contribution >= 4 is 12.0 Å². The molecule has 0 unspecified atom stereocenters. The van der Waals surface area contributed by atoms with E-state index in [0.717, 1.165) is 47.5 Å². The molecule has 1 aliphatic heterocycles. The summed E-state index contributed by atoms with van der Waals surface area (Å²) in [5.41, 5.74) is 3.70. The van der Waals surface area contributed by atoms with Crippen LogP contribution in [0.3, 0.4) is 0 Å². The number of alkyl halides is 2. The number of rotatable bonds is 8. The number of carbonyl (C=O) groups excluding carboxylic acids is 1. The van der Waals surface area contributed by atoms with Crippen molar-refractivity contribution in [2.24, 2.45) is 0 Å². The zero-order chi connectivity index (χ0) is 23.6. The van der Waals surface area contributed by atoms with Gasteiger partial charge in [0.2, 0.25) is 0 Å². The largest absolute Gasteiger partial charge is 0.481 e. The van der Waals surface area contributed by atoms with E-state index in [4.69, 9.17) is 0 Å². The lowest BCUT2D eigenvalue weighted by Gasteiger charge is -2.28. The fourth-order valence-electron chi connectivity index (χ4n) is 4.61. The Morgan fingerprint density at radius 2 is 1.97 bits per heavy atom. The molecule has 2 aromatic rings. The number of nitrogens with zero attached hydrogens (tertiary/aromatic N) is 4. The Hall–Kier alpha value is -3.10. The molecule has 0 spiro atoms. The lowest BCUT2D eigenvalue weighted by molar-refractivity contribution is -0.138. The SMILES string of the molecule is Cc1ccc([C@H](CC(=O)O)N2CCN(CC(F)(F)Cc3ccc4c(n3)CCCC4)C2=O)cn1. The van der Waals surface area contributed by atoms with E-state index in [1.807, 2.05) is 6.07 Å². The smallest absolute Gasteiger partial charge is 0.320 e. The highest BCUT2D eigenvalue weighted by Gasteiger charge is 2.41.